The van der Waals surface area contributed by atoms with E-state index in [1.165, 1.54) is 7.11 Å². The van der Waals surface area contributed by atoms with E-state index in [1.807, 2.05) is 0 Å². The summed E-state index contributed by atoms with van der Waals surface area (Å²) < 4.78 is 13.4. The molecule has 0 aromatic rings. The van der Waals surface area contributed by atoms with Gasteiger partial charge in [-0.3, -0.25) is 24.0 Å². The van der Waals surface area contributed by atoms with Crippen LogP contribution in [-0.4, -0.2) is 72.5 Å². The fraction of sp³-hybridized carbons (Fsp3) is 0.632. The largest absolute Gasteiger partial charge is 0.481 e. The highest BCUT2D eigenvalue weighted by Gasteiger charge is 2.33. The summed E-state index contributed by atoms with van der Waals surface area (Å²) in [6.45, 7) is 1.59. The third kappa shape index (κ3) is 15.2. The minimum absolute atomic E-state index is 0.0209. The Morgan fingerprint density at radius 2 is 1.39 bits per heavy atom. The second-order valence-corrected chi connectivity index (χ2v) is 5.96. The molecule has 0 rings (SSSR count). The van der Waals surface area contributed by atoms with Crippen LogP contribution in [0, 0.1) is 5.92 Å². The summed E-state index contributed by atoms with van der Waals surface area (Å²) in [7, 11) is 2.36. The molecule has 0 aliphatic rings. The van der Waals surface area contributed by atoms with Crippen LogP contribution >= 0.6 is 0 Å². The Hall–Kier alpha value is -3.31. The average molecular weight is 448 g/mol. The van der Waals surface area contributed by atoms with Crippen LogP contribution in [0.15, 0.2) is 0 Å². The van der Waals surface area contributed by atoms with E-state index in [1.54, 1.807) is 6.92 Å². The molecular formula is C19H28O12. The van der Waals surface area contributed by atoms with Crippen molar-refractivity contribution in [3.63, 3.8) is 0 Å². The zero-order valence-electron chi connectivity index (χ0n) is 17.7. The molecule has 0 spiro atoms. The molecule has 0 aliphatic heterocycles. The first-order valence-electron chi connectivity index (χ1n) is 9.35. The Balaban J connectivity index is 0. The minimum atomic E-state index is -1.45. The molecule has 0 bridgehead atoms. The van der Waals surface area contributed by atoms with Crippen LogP contribution in [0.25, 0.3) is 0 Å². The maximum absolute atomic E-state index is 11.7. The molecule has 0 amide bonds. The first kappa shape index (κ1) is 29.9. The summed E-state index contributed by atoms with van der Waals surface area (Å²) in [6, 6.07) is 0. The smallest absolute Gasteiger partial charge is 0.375 e. The quantitative estimate of drug-likeness (QED) is 0.123. The van der Waals surface area contributed by atoms with E-state index in [9.17, 15) is 33.6 Å². The zero-order chi connectivity index (χ0) is 24.4. The minimum Gasteiger partial charge on any atom is -0.481 e. The van der Waals surface area contributed by atoms with Gasteiger partial charge in [-0.2, -0.15) is 0 Å². The van der Waals surface area contributed by atoms with Crippen molar-refractivity contribution < 1.29 is 58.0 Å². The lowest BCUT2D eigenvalue weighted by molar-refractivity contribution is -0.161. The topological polar surface area (TPSA) is 188 Å². The van der Waals surface area contributed by atoms with Crippen molar-refractivity contribution in [3.8, 4) is 0 Å². The molecule has 0 saturated carbocycles. The maximum atomic E-state index is 11.7. The first-order chi connectivity index (χ1) is 14.5. The van der Waals surface area contributed by atoms with Gasteiger partial charge < -0.3 is 24.4 Å². The molecule has 31 heavy (non-hydrogen) atoms. The monoisotopic (exact) mass is 448 g/mol. The number of rotatable bonds is 14. The average Bonchev–Trinajstić information content (AvgIpc) is 2.73. The second kappa shape index (κ2) is 17.5. The van der Waals surface area contributed by atoms with Gasteiger partial charge in [0.25, 0.3) is 5.78 Å². The lowest BCUT2D eigenvalue weighted by atomic mass is 9.97. The van der Waals surface area contributed by atoms with Gasteiger partial charge in [-0.15, -0.1) is 0 Å². The molecule has 2 N–H and O–H groups in total. The van der Waals surface area contributed by atoms with Crippen molar-refractivity contribution in [2.75, 3.05) is 20.8 Å². The number of hydrogen-bond donors (Lipinski definition) is 2. The second-order valence-electron chi connectivity index (χ2n) is 5.96. The number of carboxylic acid groups (broad SMARTS) is 2. The van der Waals surface area contributed by atoms with Crippen LogP contribution in [0.5, 0.6) is 0 Å². The third-order valence-electron chi connectivity index (χ3n) is 3.66. The SMILES string of the molecule is CCOC(=O)C(=O)C(CCCC(=O)OC)C(=O)OC.O=C(O)CCCCC(=O)C(=O)O. The molecule has 1 atom stereocenters. The van der Waals surface area contributed by atoms with Gasteiger partial charge in [-0.1, -0.05) is 0 Å². The Bertz CT molecular complexity index is 652. The van der Waals surface area contributed by atoms with Gasteiger partial charge in [0, 0.05) is 19.3 Å². The highest BCUT2D eigenvalue weighted by Crippen LogP contribution is 2.13. The van der Waals surface area contributed by atoms with Crippen LogP contribution in [0.4, 0.5) is 0 Å². The van der Waals surface area contributed by atoms with E-state index in [4.69, 9.17) is 10.2 Å². The normalized spacial score (nSPS) is 10.5. The van der Waals surface area contributed by atoms with Gasteiger partial charge in [0.15, 0.2) is 0 Å². The molecular weight excluding hydrogens is 420 g/mol. The number of hydrogen-bond acceptors (Lipinski definition) is 10. The standard InChI is InChI=1S/C12H18O7.C7H10O5/c1-4-19-12(16)10(14)8(11(15)18-3)6-5-7-9(13)17-2;8-5(7(11)12)3-1-2-4-6(9)10/h8H,4-7H2,1-3H3;1-4H2,(H,9,10)(H,11,12). The zero-order valence-corrected chi connectivity index (χ0v) is 17.7. The van der Waals surface area contributed by atoms with Gasteiger partial charge in [-0.25, -0.2) is 9.59 Å². The number of ketones is 2. The molecule has 12 nitrogen and oxygen atoms in total. The van der Waals surface area contributed by atoms with Gasteiger partial charge in [0.1, 0.15) is 5.92 Å². The van der Waals surface area contributed by atoms with E-state index < -0.39 is 47.3 Å². The highest BCUT2D eigenvalue weighted by molar-refractivity contribution is 6.37. The lowest BCUT2D eigenvalue weighted by Gasteiger charge is -2.12. The molecule has 1 unspecified atom stereocenters. The van der Waals surface area contributed by atoms with E-state index in [2.05, 4.69) is 14.2 Å². The Kier molecular flexibility index (Phi) is 16.9. The number of aliphatic carboxylic acids is 2. The predicted octanol–water partition coefficient (Wildman–Crippen LogP) is 0.536. The molecule has 0 aromatic heterocycles. The third-order valence-corrected chi connectivity index (χ3v) is 3.66. The number of Topliss-reactive ketones (excluding diaryl/α,β-unsaturated/α-hetero) is 2. The van der Waals surface area contributed by atoms with Gasteiger partial charge in [0.2, 0.25) is 5.78 Å². The highest BCUT2D eigenvalue weighted by atomic mass is 16.5. The molecule has 0 heterocycles. The predicted molar refractivity (Wildman–Crippen MR) is 102 cm³/mol. The summed E-state index contributed by atoms with van der Waals surface area (Å²) in [5, 5.41) is 16.3. The van der Waals surface area contributed by atoms with Gasteiger partial charge in [0.05, 0.1) is 20.8 Å². The molecule has 12 heteroatoms. The number of methoxy groups -OCH3 is 2. The van der Waals surface area contributed by atoms with E-state index in [0.717, 1.165) is 7.11 Å². The molecule has 0 saturated heterocycles. The summed E-state index contributed by atoms with van der Waals surface area (Å²) >= 11 is 0. The van der Waals surface area contributed by atoms with Crippen molar-refractivity contribution in [2.45, 2.75) is 51.9 Å². The summed E-state index contributed by atoms with van der Waals surface area (Å²) in [5.41, 5.74) is 0. The number of unbranched alkanes of at least 4 members (excludes halogenated alkanes) is 1. The van der Waals surface area contributed by atoms with Gasteiger partial charge >= 0.3 is 29.8 Å². The van der Waals surface area contributed by atoms with Crippen LogP contribution in [0.1, 0.15) is 51.9 Å². The van der Waals surface area contributed by atoms with Crippen molar-refractivity contribution in [3.05, 3.63) is 0 Å². The lowest BCUT2D eigenvalue weighted by Crippen LogP contribution is -2.32. The molecule has 0 fully saturated rings. The fourth-order valence-electron chi connectivity index (χ4n) is 2.06. The maximum Gasteiger partial charge on any atom is 0.375 e. The van der Waals surface area contributed by atoms with Crippen molar-refractivity contribution in [2.24, 2.45) is 5.92 Å². The molecule has 0 aliphatic carbocycles. The number of carboxylic acids is 2. The van der Waals surface area contributed by atoms with Crippen LogP contribution in [-0.2, 0) is 47.8 Å². The molecule has 0 aromatic carbocycles. The van der Waals surface area contributed by atoms with Crippen LogP contribution < -0.4 is 0 Å². The summed E-state index contributed by atoms with van der Waals surface area (Å²) in [6.07, 6.45) is 0.873. The number of esters is 3. The number of ether oxygens (including phenoxy) is 3. The molecule has 0 radical (unpaired) electrons. The van der Waals surface area contributed by atoms with Crippen molar-refractivity contribution in [1.82, 2.24) is 0 Å². The molecule has 176 valence electrons. The van der Waals surface area contributed by atoms with Gasteiger partial charge in [-0.05, 0) is 32.6 Å². The van der Waals surface area contributed by atoms with E-state index >= 15 is 0 Å². The Labute approximate surface area is 178 Å². The van der Waals surface area contributed by atoms with Crippen molar-refractivity contribution in [1.29, 1.82) is 0 Å². The van der Waals surface area contributed by atoms with Crippen molar-refractivity contribution >= 4 is 41.4 Å². The fourth-order valence-corrected chi connectivity index (χ4v) is 2.06. The Morgan fingerprint density at radius 3 is 1.84 bits per heavy atom. The number of carbonyl (C=O) groups is 7. The van der Waals surface area contributed by atoms with E-state index in [-0.39, 0.29) is 38.7 Å². The summed E-state index contributed by atoms with van der Waals surface area (Å²) in [5.74, 6) is -7.79. The van der Waals surface area contributed by atoms with Crippen LogP contribution in [0.2, 0.25) is 0 Å². The summed E-state index contributed by atoms with van der Waals surface area (Å²) in [4.78, 5) is 75.7. The first-order valence-corrected chi connectivity index (χ1v) is 9.35. The number of carbonyl (C=O) groups excluding carboxylic acids is 5. The van der Waals surface area contributed by atoms with Crippen LogP contribution in [0.3, 0.4) is 0 Å². The Morgan fingerprint density at radius 1 is 0.806 bits per heavy atom. The van der Waals surface area contributed by atoms with E-state index in [0.29, 0.717) is 12.8 Å².